The number of hydrogen-bond donors (Lipinski definition) is 1. The summed E-state index contributed by atoms with van der Waals surface area (Å²) in [5.41, 5.74) is 2.85. The van der Waals surface area contributed by atoms with Gasteiger partial charge in [0, 0.05) is 0 Å². The molecule has 0 heterocycles. The van der Waals surface area contributed by atoms with Gasteiger partial charge in [0.15, 0.2) is 0 Å². The Hall–Kier alpha value is -2.33. The Labute approximate surface area is 168 Å². The maximum absolute atomic E-state index is 11.7. The fraction of sp³-hybridized carbons (Fsp3) is 0.458. The molecule has 1 unspecified atom stereocenters. The summed E-state index contributed by atoms with van der Waals surface area (Å²) in [4.78, 5) is 11.7. The Balaban J connectivity index is 2.46. The molecule has 0 aliphatic carbocycles. The second kappa shape index (κ2) is 8.78. The zero-order chi connectivity index (χ0) is 21.1. The van der Waals surface area contributed by atoms with Crippen LogP contribution in [0.3, 0.4) is 0 Å². The first-order chi connectivity index (χ1) is 13.1. The van der Waals surface area contributed by atoms with Crippen molar-refractivity contribution in [3.05, 3.63) is 64.2 Å². The van der Waals surface area contributed by atoms with E-state index in [-0.39, 0.29) is 5.92 Å². The first-order valence-electron chi connectivity index (χ1n) is 9.77. The SMILES string of the molecule is COC(=O)c1ccc(C(C)(O)c2cc(C(C)C)c(OCC(C)C)cc2C)cc1. The van der Waals surface area contributed by atoms with Crippen molar-refractivity contribution in [3.8, 4) is 5.75 Å². The molecule has 2 aromatic carbocycles. The van der Waals surface area contributed by atoms with Gasteiger partial charge in [-0.1, -0.05) is 39.8 Å². The number of aryl methyl sites for hydroxylation is 1. The highest BCUT2D eigenvalue weighted by Gasteiger charge is 2.29. The van der Waals surface area contributed by atoms with Crippen LogP contribution >= 0.6 is 0 Å². The van der Waals surface area contributed by atoms with Gasteiger partial charge >= 0.3 is 5.97 Å². The van der Waals surface area contributed by atoms with Gasteiger partial charge < -0.3 is 14.6 Å². The third kappa shape index (κ3) is 4.74. The third-order valence-corrected chi connectivity index (χ3v) is 4.94. The number of carbonyl (C=O) groups is 1. The summed E-state index contributed by atoms with van der Waals surface area (Å²) < 4.78 is 10.8. The van der Waals surface area contributed by atoms with Crippen molar-refractivity contribution in [2.45, 2.75) is 53.1 Å². The van der Waals surface area contributed by atoms with E-state index >= 15 is 0 Å². The van der Waals surface area contributed by atoms with E-state index in [1.54, 1.807) is 31.2 Å². The Morgan fingerprint density at radius 2 is 1.71 bits per heavy atom. The van der Waals surface area contributed by atoms with Crippen molar-refractivity contribution in [2.24, 2.45) is 5.92 Å². The summed E-state index contributed by atoms with van der Waals surface area (Å²) in [7, 11) is 1.35. The molecule has 0 aromatic heterocycles. The number of rotatable bonds is 7. The quantitative estimate of drug-likeness (QED) is 0.667. The van der Waals surface area contributed by atoms with Crippen LogP contribution in [0.4, 0.5) is 0 Å². The summed E-state index contributed by atoms with van der Waals surface area (Å²) in [5.74, 6) is 1.19. The molecule has 4 nitrogen and oxygen atoms in total. The van der Waals surface area contributed by atoms with E-state index in [1.807, 2.05) is 19.1 Å². The van der Waals surface area contributed by atoms with Gasteiger partial charge in [0.2, 0.25) is 0 Å². The van der Waals surface area contributed by atoms with E-state index in [2.05, 4.69) is 27.7 Å². The highest BCUT2D eigenvalue weighted by Crippen LogP contribution is 2.37. The lowest BCUT2D eigenvalue weighted by Gasteiger charge is -2.29. The normalized spacial score (nSPS) is 13.5. The van der Waals surface area contributed by atoms with Gasteiger partial charge in [-0.25, -0.2) is 4.79 Å². The summed E-state index contributed by atoms with van der Waals surface area (Å²) in [6.45, 7) is 12.9. The number of hydrogen-bond acceptors (Lipinski definition) is 4. The molecule has 152 valence electrons. The molecule has 28 heavy (non-hydrogen) atoms. The first kappa shape index (κ1) is 22.0. The van der Waals surface area contributed by atoms with Crippen LogP contribution in [-0.2, 0) is 10.3 Å². The number of aliphatic hydroxyl groups is 1. The maximum Gasteiger partial charge on any atom is 0.337 e. The fourth-order valence-electron chi connectivity index (χ4n) is 3.26. The topological polar surface area (TPSA) is 55.8 Å². The van der Waals surface area contributed by atoms with Crippen LogP contribution < -0.4 is 4.74 Å². The van der Waals surface area contributed by atoms with E-state index in [1.165, 1.54) is 7.11 Å². The molecule has 0 saturated heterocycles. The molecule has 1 atom stereocenters. The van der Waals surface area contributed by atoms with Crippen LogP contribution in [0.15, 0.2) is 36.4 Å². The molecule has 2 aromatic rings. The lowest BCUT2D eigenvalue weighted by Crippen LogP contribution is -2.25. The van der Waals surface area contributed by atoms with E-state index in [9.17, 15) is 9.90 Å². The second-order valence-corrected chi connectivity index (χ2v) is 8.21. The molecule has 0 saturated carbocycles. The zero-order valence-electron chi connectivity index (χ0n) is 18.0. The minimum atomic E-state index is -1.20. The molecule has 1 N–H and O–H groups in total. The molecule has 0 aliphatic rings. The number of methoxy groups -OCH3 is 1. The third-order valence-electron chi connectivity index (χ3n) is 4.94. The standard InChI is InChI=1S/C24H32O4/c1-15(2)14-28-22-12-17(5)21(13-20(22)16(3)4)24(6,26)19-10-8-18(9-11-19)23(25)27-7/h8-13,15-16,26H,14H2,1-7H3. The molecule has 4 heteroatoms. The van der Waals surface area contributed by atoms with Crippen molar-refractivity contribution in [1.29, 1.82) is 0 Å². The minimum Gasteiger partial charge on any atom is -0.493 e. The van der Waals surface area contributed by atoms with Gasteiger partial charge in [-0.3, -0.25) is 0 Å². The number of carbonyl (C=O) groups excluding carboxylic acids is 1. The zero-order valence-corrected chi connectivity index (χ0v) is 18.0. The lowest BCUT2D eigenvalue weighted by molar-refractivity contribution is 0.0600. The fourth-order valence-corrected chi connectivity index (χ4v) is 3.26. The molecule has 2 rings (SSSR count). The van der Waals surface area contributed by atoms with Gasteiger partial charge in [-0.2, -0.15) is 0 Å². The Morgan fingerprint density at radius 3 is 2.21 bits per heavy atom. The van der Waals surface area contributed by atoms with E-state index < -0.39 is 11.6 Å². The molecular formula is C24H32O4. The van der Waals surface area contributed by atoms with Crippen LogP contribution in [0.25, 0.3) is 0 Å². The molecule has 0 aliphatic heterocycles. The monoisotopic (exact) mass is 384 g/mol. The van der Waals surface area contributed by atoms with Crippen LogP contribution in [0, 0.1) is 12.8 Å². The average molecular weight is 385 g/mol. The van der Waals surface area contributed by atoms with Gasteiger partial charge in [0.25, 0.3) is 0 Å². The summed E-state index contributed by atoms with van der Waals surface area (Å²) in [6, 6.07) is 10.9. The summed E-state index contributed by atoms with van der Waals surface area (Å²) >= 11 is 0. The summed E-state index contributed by atoms with van der Waals surface area (Å²) in [5, 5.41) is 11.4. The highest BCUT2D eigenvalue weighted by molar-refractivity contribution is 5.89. The van der Waals surface area contributed by atoms with Crippen molar-refractivity contribution in [1.82, 2.24) is 0 Å². The number of esters is 1. The molecule has 0 amide bonds. The van der Waals surface area contributed by atoms with Crippen LogP contribution in [0.2, 0.25) is 0 Å². The summed E-state index contributed by atoms with van der Waals surface area (Å²) in [6.07, 6.45) is 0. The smallest absolute Gasteiger partial charge is 0.337 e. The van der Waals surface area contributed by atoms with E-state index in [0.717, 1.165) is 22.4 Å². The van der Waals surface area contributed by atoms with Gasteiger partial charge in [0.1, 0.15) is 11.4 Å². The van der Waals surface area contributed by atoms with Crippen molar-refractivity contribution in [2.75, 3.05) is 13.7 Å². The Morgan fingerprint density at radius 1 is 1.11 bits per heavy atom. The van der Waals surface area contributed by atoms with Crippen LogP contribution in [0.1, 0.15) is 73.1 Å². The molecule has 0 bridgehead atoms. The highest BCUT2D eigenvalue weighted by atomic mass is 16.5. The molecular weight excluding hydrogens is 352 g/mol. The first-order valence-corrected chi connectivity index (χ1v) is 9.77. The molecule has 0 spiro atoms. The molecule has 0 radical (unpaired) electrons. The van der Waals surface area contributed by atoms with Crippen molar-refractivity contribution in [3.63, 3.8) is 0 Å². The Kier molecular flexibility index (Phi) is 6.89. The average Bonchev–Trinajstić information content (AvgIpc) is 2.65. The van der Waals surface area contributed by atoms with Crippen molar-refractivity contribution < 1.29 is 19.4 Å². The van der Waals surface area contributed by atoms with Gasteiger partial charge in [-0.05, 0) is 72.2 Å². The van der Waals surface area contributed by atoms with Crippen LogP contribution in [-0.4, -0.2) is 24.8 Å². The van der Waals surface area contributed by atoms with E-state index in [4.69, 9.17) is 9.47 Å². The van der Waals surface area contributed by atoms with Gasteiger partial charge in [0.05, 0.1) is 19.3 Å². The largest absolute Gasteiger partial charge is 0.493 e. The minimum absolute atomic E-state index is 0.263. The maximum atomic E-state index is 11.7. The van der Waals surface area contributed by atoms with Crippen molar-refractivity contribution >= 4 is 5.97 Å². The van der Waals surface area contributed by atoms with Crippen LogP contribution in [0.5, 0.6) is 5.75 Å². The number of ether oxygens (including phenoxy) is 2. The second-order valence-electron chi connectivity index (χ2n) is 8.21. The predicted octanol–water partition coefficient (Wildman–Crippen LogP) is 5.20. The number of benzene rings is 2. The Bertz CT molecular complexity index is 817. The van der Waals surface area contributed by atoms with Gasteiger partial charge in [-0.15, -0.1) is 0 Å². The predicted molar refractivity (Wildman–Crippen MR) is 112 cm³/mol. The molecule has 0 fully saturated rings. The van der Waals surface area contributed by atoms with E-state index in [0.29, 0.717) is 23.7 Å². The lowest BCUT2D eigenvalue weighted by atomic mass is 9.83.